The van der Waals surface area contributed by atoms with E-state index in [0.29, 0.717) is 5.41 Å². The summed E-state index contributed by atoms with van der Waals surface area (Å²) in [4.78, 5) is 0. The SMILES string of the molecule is CC1=CC(C)(C)C(C(C)C)CC1. The molecule has 0 heteroatoms. The van der Waals surface area contributed by atoms with Crippen molar-refractivity contribution in [3.8, 4) is 0 Å². The molecule has 1 rings (SSSR count). The van der Waals surface area contributed by atoms with Gasteiger partial charge in [0.1, 0.15) is 0 Å². The predicted octanol–water partition coefficient (Wildman–Crippen LogP) is 4.02. The Morgan fingerprint density at radius 1 is 1.42 bits per heavy atom. The van der Waals surface area contributed by atoms with E-state index in [4.69, 9.17) is 0 Å². The minimum atomic E-state index is 0.427. The fourth-order valence-corrected chi connectivity index (χ4v) is 2.76. The molecule has 0 aromatic rings. The van der Waals surface area contributed by atoms with Crippen molar-refractivity contribution < 1.29 is 0 Å². The lowest BCUT2D eigenvalue weighted by atomic mass is 9.66. The van der Waals surface area contributed by atoms with Gasteiger partial charge in [0.15, 0.2) is 0 Å². The number of hydrogen-bond acceptors (Lipinski definition) is 0. The molecule has 0 saturated carbocycles. The molecule has 12 heavy (non-hydrogen) atoms. The summed E-state index contributed by atoms with van der Waals surface area (Å²) < 4.78 is 0. The molecule has 0 spiro atoms. The zero-order valence-electron chi connectivity index (χ0n) is 9.15. The molecule has 1 atom stereocenters. The molecule has 0 N–H and O–H groups in total. The highest BCUT2D eigenvalue weighted by molar-refractivity contribution is 5.11. The van der Waals surface area contributed by atoms with Gasteiger partial charge < -0.3 is 0 Å². The van der Waals surface area contributed by atoms with Crippen molar-refractivity contribution in [3.63, 3.8) is 0 Å². The first kappa shape index (κ1) is 9.83. The zero-order valence-corrected chi connectivity index (χ0v) is 9.15. The highest BCUT2D eigenvalue weighted by Gasteiger charge is 2.32. The van der Waals surface area contributed by atoms with Gasteiger partial charge in [-0.05, 0) is 37.0 Å². The maximum Gasteiger partial charge on any atom is -0.0141 e. The molecule has 0 heterocycles. The molecular weight excluding hydrogens is 144 g/mol. The highest BCUT2D eigenvalue weighted by Crippen LogP contribution is 2.42. The molecular formula is C12H22. The predicted molar refractivity (Wildman–Crippen MR) is 55.1 cm³/mol. The maximum absolute atomic E-state index is 2.47. The zero-order chi connectivity index (χ0) is 9.35. The van der Waals surface area contributed by atoms with Gasteiger partial charge in [0.25, 0.3) is 0 Å². The summed E-state index contributed by atoms with van der Waals surface area (Å²) in [6.07, 6.45) is 5.17. The molecule has 0 aromatic heterocycles. The van der Waals surface area contributed by atoms with Crippen LogP contribution in [0.4, 0.5) is 0 Å². The van der Waals surface area contributed by atoms with Gasteiger partial charge in [-0.3, -0.25) is 0 Å². The van der Waals surface area contributed by atoms with E-state index >= 15 is 0 Å². The van der Waals surface area contributed by atoms with Crippen molar-refractivity contribution in [2.45, 2.75) is 47.5 Å². The summed E-state index contributed by atoms with van der Waals surface area (Å²) in [5.74, 6) is 1.70. The van der Waals surface area contributed by atoms with Gasteiger partial charge in [-0.2, -0.15) is 0 Å². The van der Waals surface area contributed by atoms with E-state index in [2.05, 4.69) is 40.7 Å². The fourth-order valence-electron chi connectivity index (χ4n) is 2.76. The minimum absolute atomic E-state index is 0.427. The van der Waals surface area contributed by atoms with Gasteiger partial charge in [0.05, 0.1) is 0 Å². The monoisotopic (exact) mass is 166 g/mol. The summed E-state index contributed by atoms with van der Waals surface area (Å²) in [6.45, 7) is 11.7. The third kappa shape index (κ3) is 1.91. The lowest BCUT2D eigenvalue weighted by Crippen LogP contribution is -2.29. The molecule has 1 aliphatic rings. The van der Waals surface area contributed by atoms with E-state index in [-0.39, 0.29) is 0 Å². The van der Waals surface area contributed by atoms with Crippen molar-refractivity contribution in [1.29, 1.82) is 0 Å². The lowest BCUT2D eigenvalue weighted by Gasteiger charge is -2.39. The molecule has 0 nitrogen and oxygen atoms in total. The lowest BCUT2D eigenvalue weighted by molar-refractivity contribution is 0.184. The van der Waals surface area contributed by atoms with E-state index in [1.54, 1.807) is 5.57 Å². The standard InChI is InChI=1S/C12H22/c1-9(2)11-7-6-10(3)8-12(11,4)5/h8-9,11H,6-7H2,1-5H3. The van der Waals surface area contributed by atoms with E-state index in [0.717, 1.165) is 11.8 Å². The van der Waals surface area contributed by atoms with Gasteiger partial charge in [-0.25, -0.2) is 0 Å². The van der Waals surface area contributed by atoms with Crippen LogP contribution in [0.1, 0.15) is 47.5 Å². The molecule has 1 aliphatic carbocycles. The average Bonchev–Trinajstić information content (AvgIpc) is 1.82. The summed E-state index contributed by atoms with van der Waals surface area (Å²) in [5.41, 5.74) is 2.01. The van der Waals surface area contributed by atoms with Crippen molar-refractivity contribution in [2.75, 3.05) is 0 Å². The first-order valence-electron chi connectivity index (χ1n) is 5.12. The van der Waals surface area contributed by atoms with Crippen LogP contribution < -0.4 is 0 Å². The second-order valence-corrected chi connectivity index (χ2v) is 5.20. The topological polar surface area (TPSA) is 0 Å². The van der Waals surface area contributed by atoms with E-state index < -0.39 is 0 Å². The van der Waals surface area contributed by atoms with Crippen LogP contribution in [0.2, 0.25) is 0 Å². The van der Waals surface area contributed by atoms with E-state index in [1.807, 2.05) is 0 Å². The van der Waals surface area contributed by atoms with Crippen LogP contribution in [0.5, 0.6) is 0 Å². The van der Waals surface area contributed by atoms with Crippen molar-refractivity contribution in [2.24, 2.45) is 17.3 Å². The normalized spacial score (nSPS) is 28.8. The Kier molecular flexibility index (Phi) is 2.65. The Morgan fingerprint density at radius 3 is 2.42 bits per heavy atom. The maximum atomic E-state index is 2.47. The summed E-state index contributed by atoms with van der Waals surface area (Å²) >= 11 is 0. The molecule has 0 bridgehead atoms. The average molecular weight is 166 g/mol. The molecule has 1 unspecified atom stereocenters. The third-order valence-corrected chi connectivity index (χ3v) is 3.23. The van der Waals surface area contributed by atoms with Crippen LogP contribution >= 0.6 is 0 Å². The summed E-state index contributed by atoms with van der Waals surface area (Å²) in [6, 6.07) is 0. The van der Waals surface area contributed by atoms with Crippen LogP contribution in [0, 0.1) is 17.3 Å². The highest BCUT2D eigenvalue weighted by atomic mass is 14.4. The summed E-state index contributed by atoms with van der Waals surface area (Å²) in [5, 5.41) is 0. The van der Waals surface area contributed by atoms with Crippen LogP contribution in [0.3, 0.4) is 0 Å². The van der Waals surface area contributed by atoms with Gasteiger partial charge >= 0.3 is 0 Å². The first-order valence-corrected chi connectivity index (χ1v) is 5.12. The Labute approximate surface area is 77.1 Å². The van der Waals surface area contributed by atoms with Crippen molar-refractivity contribution in [3.05, 3.63) is 11.6 Å². The molecule has 0 fully saturated rings. The first-order chi connectivity index (χ1) is 5.43. The molecule has 0 aliphatic heterocycles. The van der Waals surface area contributed by atoms with Gasteiger partial charge in [0.2, 0.25) is 0 Å². The molecule has 0 aromatic carbocycles. The Bertz CT molecular complexity index is 184. The van der Waals surface area contributed by atoms with Gasteiger partial charge in [-0.1, -0.05) is 39.3 Å². The number of allylic oxidation sites excluding steroid dienone is 2. The van der Waals surface area contributed by atoms with E-state index in [9.17, 15) is 0 Å². The second kappa shape index (κ2) is 3.24. The van der Waals surface area contributed by atoms with Crippen LogP contribution in [-0.4, -0.2) is 0 Å². The molecule has 0 amide bonds. The van der Waals surface area contributed by atoms with Crippen LogP contribution in [-0.2, 0) is 0 Å². The van der Waals surface area contributed by atoms with Crippen molar-refractivity contribution in [1.82, 2.24) is 0 Å². The minimum Gasteiger partial charge on any atom is -0.0796 e. The number of rotatable bonds is 1. The Hall–Kier alpha value is -0.260. The van der Waals surface area contributed by atoms with Crippen LogP contribution in [0.25, 0.3) is 0 Å². The molecule has 0 saturated heterocycles. The number of hydrogen-bond donors (Lipinski definition) is 0. The molecule has 0 radical (unpaired) electrons. The molecule has 70 valence electrons. The van der Waals surface area contributed by atoms with Gasteiger partial charge in [0, 0.05) is 0 Å². The smallest absolute Gasteiger partial charge is 0.0141 e. The third-order valence-electron chi connectivity index (χ3n) is 3.23. The fraction of sp³-hybridized carbons (Fsp3) is 0.833. The summed E-state index contributed by atoms with van der Waals surface area (Å²) in [7, 11) is 0. The Morgan fingerprint density at radius 2 is 2.00 bits per heavy atom. The van der Waals surface area contributed by atoms with Crippen molar-refractivity contribution >= 4 is 0 Å². The second-order valence-electron chi connectivity index (χ2n) is 5.20. The largest absolute Gasteiger partial charge is 0.0796 e. The van der Waals surface area contributed by atoms with E-state index in [1.165, 1.54) is 12.8 Å². The van der Waals surface area contributed by atoms with Gasteiger partial charge in [-0.15, -0.1) is 0 Å². The quantitative estimate of drug-likeness (QED) is 0.516. The Balaban J connectivity index is 2.81. The van der Waals surface area contributed by atoms with Crippen LogP contribution in [0.15, 0.2) is 11.6 Å².